The van der Waals surface area contributed by atoms with Gasteiger partial charge in [-0.1, -0.05) is 35.5 Å². The van der Waals surface area contributed by atoms with Crippen LogP contribution in [0.3, 0.4) is 0 Å². The van der Waals surface area contributed by atoms with E-state index in [4.69, 9.17) is 16.0 Å². The Bertz CT molecular complexity index is 958. The summed E-state index contributed by atoms with van der Waals surface area (Å²) in [6, 6.07) is 16.4. The molecule has 26 heavy (non-hydrogen) atoms. The van der Waals surface area contributed by atoms with Gasteiger partial charge in [0.15, 0.2) is 5.09 Å². The van der Waals surface area contributed by atoms with Crippen molar-refractivity contribution in [3.05, 3.63) is 79.9 Å². The quantitative estimate of drug-likeness (QED) is 0.318. The molecule has 0 radical (unpaired) electrons. The zero-order valence-corrected chi connectivity index (χ0v) is 17.8. The minimum atomic E-state index is -0.310. The van der Waals surface area contributed by atoms with Crippen LogP contribution >= 0.6 is 55.2 Å². The van der Waals surface area contributed by atoms with E-state index in [0.717, 1.165) is 9.37 Å². The monoisotopic (exact) mass is 512 g/mol. The molecule has 0 bridgehead atoms. The van der Waals surface area contributed by atoms with Crippen molar-refractivity contribution in [2.75, 3.05) is 0 Å². The molecule has 132 valence electrons. The van der Waals surface area contributed by atoms with Gasteiger partial charge < -0.3 is 4.42 Å². The van der Waals surface area contributed by atoms with Gasteiger partial charge in [-0.05, 0) is 68.3 Å². The second-order valence-electron chi connectivity index (χ2n) is 5.02. The van der Waals surface area contributed by atoms with Crippen LogP contribution in [-0.4, -0.2) is 12.1 Å². The summed E-state index contributed by atoms with van der Waals surface area (Å²) >= 11 is 14.1. The minimum absolute atomic E-state index is 0.310. The summed E-state index contributed by atoms with van der Waals surface area (Å²) < 4.78 is 7.24. The zero-order chi connectivity index (χ0) is 18.5. The summed E-state index contributed by atoms with van der Waals surface area (Å²) in [5.41, 5.74) is 2.98. The molecule has 0 aliphatic carbocycles. The molecule has 0 spiro atoms. The molecule has 1 amide bonds. The minimum Gasteiger partial charge on any atom is -0.447 e. The fraction of sp³-hybridized carbons (Fsp3) is 0. The number of carbonyl (C=O) groups excluding carboxylic acids is 1. The maximum absolute atomic E-state index is 12.1. The van der Waals surface area contributed by atoms with Crippen LogP contribution in [0.1, 0.15) is 16.1 Å². The number of hydrazone groups is 1. The topological polar surface area (TPSA) is 54.6 Å². The lowest BCUT2D eigenvalue weighted by molar-refractivity contribution is 0.0954. The van der Waals surface area contributed by atoms with Gasteiger partial charge in [-0.25, -0.2) is 5.43 Å². The van der Waals surface area contributed by atoms with Crippen molar-refractivity contribution in [1.29, 1.82) is 0 Å². The molecule has 1 aromatic heterocycles. The first kappa shape index (κ1) is 19.2. The van der Waals surface area contributed by atoms with Crippen molar-refractivity contribution < 1.29 is 9.21 Å². The van der Waals surface area contributed by atoms with Crippen LogP contribution in [0.4, 0.5) is 0 Å². The van der Waals surface area contributed by atoms with E-state index >= 15 is 0 Å². The molecule has 1 N–H and O–H groups in total. The highest BCUT2D eigenvalue weighted by Crippen LogP contribution is 2.35. The number of hydrogen-bond acceptors (Lipinski definition) is 4. The third-order valence-corrected chi connectivity index (χ3v) is 5.97. The highest BCUT2D eigenvalue weighted by atomic mass is 79.9. The summed E-state index contributed by atoms with van der Waals surface area (Å²) in [5, 5.41) is 5.31. The maximum Gasteiger partial charge on any atom is 0.272 e. The number of nitrogens with one attached hydrogen (secondary N) is 1. The van der Waals surface area contributed by atoms with Crippen LogP contribution in [0.5, 0.6) is 0 Å². The van der Waals surface area contributed by atoms with Gasteiger partial charge in [-0.3, -0.25) is 4.79 Å². The lowest BCUT2D eigenvalue weighted by Crippen LogP contribution is -2.17. The molecular weight excluding hydrogens is 504 g/mol. The molecule has 2 aromatic carbocycles. The number of halogens is 3. The van der Waals surface area contributed by atoms with E-state index in [0.29, 0.717) is 25.9 Å². The van der Waals surface area contributed by atoms with Gasteiger partial charge in [0.05, 0.1) is 16.3 Å². The van der Waals surface area contributed by atoms with Crippen LogP contribution in [0.2, 0.25) is 5.02 Å². The molecule has 8 heteroatoms. The van der Waals surface area contributed by atoms with E-state index in [2.05, 4.69) is 42.4 Å². The third kappa shape index (κ3) is 5.01. The summed E-state index contributed by atoms with van der Waals surface area (Å²) in [6.07, 6.45) is 1.45. The van der Waals surface area contributed by atoms with Crippen LogP contribution in [0.15, 0.2) is 83.0 Å². The Labute approximate surface area is 176 Å². The third-order valence-electron chi connectivity index (χ3n) is 3.18. The molecule has 0 aliphatic heterocycles. The van der Waals surface area contributed by atoms with Crippen molar-refractivity contribution in [2.45, 2.75) is 9.99 Å². The molecule has 0 unspecified atom stereocenters. The van der Waals surface area contributed by atoms with E-state index in [1.165, 1.54) is 18.0 Å². The van der Waals surface area contributed by atoms with Crippen molar-refractivity contribution in [1.82, 2.24) is 5.43 Å². The second-order valence-corrected chi connectivity index (χ2v) is 8.21. The number of rotatable bonds is 5. The summed E-state index contributed by atoms with van der Waals surface area (Å²) in [6.45, 7) is 0. The fourth-order valence-electron chi connectivity index (χ4n) is 1.97. The van der Waals surface area contributed by atoms with Gasteiger partial charge >= 0.3 is 0 Å². The normalized spacial score (nSPS) is 11.0. The first-order valence-corrected chi connectivity index (χ1v) is 10.1. The standard InChI is InChI=1S/C18H11Br2ClN2O2S/c19-15-4-2-1-3-14(15)17(24)23-22-10-12-9-16(20)18(25-12)26-13-7-5-11(21)6-8-13/h1-10H,(H,23,24)/b22-10-. The number of furan rings is 1. The molecule has 3 rings (SSSR count). The molecule has 0 saturated heterocycles. The summed E-state index contributed by atoms with van der Waals surface area (Å²) in [7, 11) is 0. The van der Waals surface area contributed by atoms with E-state index in [9.17, 15) is 4.79 Å². The van der Waals surface area contributed by atoms with Crippen LogP contribution in [0, 0.1) is 0 Å². The summed E-state index contributed by atoms with van der Waals surface area (Å²) in [4.78, 5) is 13.1. The van der Waals surface area contributed by atoms with Crippen LogP contribution in [-0.2, 0) is 0 Å². The SMILES string of the molecule is O=C(N/N=C\c1cc(Br)c(Sc2ccc(Cl)cc2)o1)c1ccccc1Br. The molecule has 1 heterocycles. The molecule has 0 fully saturated rings. The number of benzene rings is 2. The lowest BCUT2D eigenvalue weighted by Gasteiger charge is -2.01. The zero-order valence-electron chi connectivity index (χ0n) is 13.1. The first-order chi connectivity index (χ1) is 12.5. The highest BCUT2D eigenvalue weighted by molar-refractivity contribution is 9.10. The Hall–Kier alpha value is -1.54. The van der Waals surface area contributed by atoms with E-state index < -0.39 is 0 Å². The molecule has 0 saturated carbocycles. The Morgan fingerprint density at radius 1 is 1.12 bits per heavy atom. The molecule has 3 aromatic rings. The molecular formula is C18H11Br2ClN2O2S. The number of amides is 1. The van der Waals surface area contributed by atoms with Crippen molar-refractivity contribution in [3.8, 4) is 0 Å². The predicted octanol–water partition coefficient (Wildman–Crippen LogP) is 6.37. The predicted molar refractivity (Wildman–Crippen MR) is 111 cm³/mol. The fourth-order valence-corrected chi connectivity index (χ4v) is 3.89. The molecule has 0 atom stereocenters. The van der Waals surface area contributed by atoms with E-state index in [1.807, 2.05) is 30.3 Å². The molecule has 0 aliphatic rings. The largest absolute Gasteiger partial charge is 0.447 e. The van der Waals surface area contributed by atoms with Gasteiger partial charge in [-0.2, -0.15) is 5.10 Å². The average molecular weight is 515 g/mol. The van der Waals surface area contributed by atoms with Crippen molar-refractivity contribution >= 4 is 67.3 Å². The van der Waals surface area contributed by atoms with E-state index in [-0.39, 0.29) is 5.91 Å². The Morgan fingerprint density at radius 2 is 1.85 bits per heavy atom. The number of carbonyl (C=O) groups is 1. The van der Waals surface area contributed by atoms with Crippen LogP contribution in [0.25, 0.3) is 0 Å². The average Bonchev–Trinajstić information content (AvgIpc) is 2.96. The van der Waals surface area contributed by atoms with Gasteiger partial charge in [0.2, 0.25) is 0 Å². The van der Waals surface area contributed by atoms with Crippen molar-refractivity contribution in [3.63, 3.8) is 0 Å². The smallest absolute Gasteiger partial charge is 0.272 e. The van der Waals surface area contributed by atoms with Crippen LogP contribution < -0.4 is 5.43 Å². The summed E-state index contributed by atoms with van der Waals surface area (Å²) in [5.74, 6) is 0.205. The van der Waals surface area contributed by atoms with Gasteiger partial charge in [-0.15, -0.1) is 0 Å². The van der Waals surface area contributed by atoms with Crippen molar-refractivity contribution in [2.24, 2.45) is 5.10 Å². The Morgan fingerprint density at radius 3 is 2.58 bits per heavy atom. The molecule has 4 nitrogen and oxygen atoms in total. The van der Waals surface area contributed by atoms with Gasteiger partial charge in [0, 0.05) is 20.5 Å². The van der Waals surface area contributed by atoms with Gasteiger partial charge in [0.1, 0.15) is 5.76 Å². The maximum atomic E-state index is 12.1. The number of hydrogen-bond donors (Lipinski definition) is 1. The highest BCUT2D eigenvalue weighted by Gasteiger charge is 2.11. The van der Waals surface area contributed by atoms with E-state index in [1.54, 1.807) is 24.3 Å². The Kier molecular flexibility index (Phi) is 6.58. The number of nitrogens with zero attached hydrogens (tertiary/aromatic N) is 1. The Balaban J connectivity index is 1.65. The van der Waals surface area contributed by atoms with Gasteiger partial charge in [0.25, 0.3) is 5.91 Å². The first-order valence-electron chi connectivity index (χ1n) is 7.33. The second kappa shape index (κ2) is 8.90. The lowest BCUT2D eigenvalue weighted by atomic mass is 10.2.